The average Bonchev–Trinajstić information content (AvgIpc) is 3.84. The molecule has 8 aromatic rings. The van der Waals surface area contributed by atoms with Crippen LogP contribution in [0.3, 0.4) is 0 Å². The van der Waals surface area contributed by atoms with Crippen molar-refractivity contribution >= 4 is 17.0 Å². The summed E-state index contributed by atoms with van der Waals surface area (Å²) in [4.78, 5) is 15.6. The summed E-state index contributed by atoms with van der Waals surface area (Å²) in [5.41, 5.74) is 13.7. The monoisotopic (exact) mass is 682 g/mol. The first-order chi connectivity index (χ1) is 26.0. The highest BCUT2D eigenvalue weighted by molar-refractivity contribution is 5.92. The predicted molar refractivity (Wildman–Crippen MR) is 212 cm³/mol. The zero-order valence-electron chi connectivity index (χ0n) is 29.4. The van der Waals surface area contributed by atoms with Crippen molar-refractivity contribution in [1.82, 2.24) is 19.5 Å². The molecule has 2 unspecified atom stereocenters. The molecule has 2 atom stereocenters. The third-order valence-electron chi connectivity index (χ3n) is 11.4. The number of nitrogens with zero attached hydrogens (tertiary/aromatic N) is 4. The van der Waals surface area contributed by atoms with Gasteiger partial charge >= 0.3 is 0 Å². The summed E-state index contributed by atoms with van der Waals surface area (Å²) in [6.07, 6.45) is 4.40. The van der Waals surface area contributed by atoms with Gasteiger partial charge in [-0.3, -0.25) is 0 Å². The maximum atomic E-state index is 6.95. The van der Waals surface area contributed by atoms with Crippen LogP contribution in [0.4, 0.5) is 0 Å². The lowest BCUT2D eigenvalue weighted by molar-refractivity contribution is 0.224. The van der Waals surface area contributed by atoms with E-state index in [0.717, 1.165) is 39.4 Å². The Kier molecular flexibility index (Phi) is 6.36. The Bertz CT molecular complexity index is 2800. The fraction of sp³-hybridized carbons (Fsp3) is 0.104. The molecule has 2 aliphatic carbocycles. The highest BCUT2D eigenvalue weighted by Crippen LogP contribution is 2.55. The third kappa shape index (κ3) is 4.40. The Balaban J connectivity index is 1.07. The number of hydrogen-bond acceptors (Lipinski definition) is 4. The van der Waals surface area contributed by atoms with Gasteiger partial charge in [-0.1, -0.05) is 135 Å². The fourth-order valence-corrected chi connectivity index (χ4v) is 8.97. The van der Waals surface area contributed by atoms with E-state index in [0.29, 0.717) is 17.5 Å². The maximum Gasteiger partial charge on any atom is 0.164 e. The number of rotatable bonds is 4. The zero-order chi connectivity index (χ0) is 35.3. The fourth-order valence-electron chi connectivity index (χ4n) is 8.97. The van der Waals surface area contributed by atoms with E-state index < -0.39 is 0 Å². The molecule has 0 bridgehead atoms. The van der Waals surface area contributed by atoms with E-state index in [1.807, 2.05) is 18.2 Å². The zero-order valence-corrected chi connectivity index (χ0v) is 29.4. The average molecular weight is 683 g/mol. The lowest BCUT2D eigenvalue weighted by atomic mass is 9.82. The van der Waals surface area contributed by atoms with E-state index in [1.165, 1.54) is 38.7 Å². The Morgan fingerprint density at radius 1 is 0.566 bits per heavy atom. The molecule has 0 spiro atoms. The van der Waals surface area contributed by atoms with Crippen LogP contribution < -0.4 is 4.74 Å². The normalized spacial score (nSPS) is 17.1. The van der Waals surface area contributed by atoms with Gasteiger partial charge in [-0.25, -0.2) is 15.0 Å². The van der Waals surface area contributed by atoms with Gasteiger partial charge in [0, 0.05) is 50.2 Å². The standard InChI is InChI=1S/C48H34N4O/c1-48(2)37-21-11-9-18-32(37)33-25-24-30(28-38(33)48)46-49-45(29-14-5-3-6-15-29)50-47(51-46)36-20-13-23-41-42(36)35-26-27-40-43(44(35)53-41)34-19-10-12-22-39(34)52(40)31-16-7-4-8-17-31/h3-28,35,44H,1-2H3. The Morgan fingerprint density at radius 3 is 2.09 bits per heavy atom. The number of fused-ring (bicyclic) bond motifs is 10. The minimum Gasteiger partial charge on any atom is -0.484 e. The second-order valence-corrected chi connectivity index (χ2v) is 14.7. The Labute approximate surface area is 307 Å². The molecule has 0 saturated carbocycles. The van der Waals surface area contributed by atoms with E-state index in [-0.39, 0.29) is 17.4 Å². The molecule has 3 heterocycles. The van der Waals surface area contributed by atoms with E-state index >= 15 is 0 Å². The van der Waals surface area contributed by atoms with Gasteiger partial charge in [0.15, 0.2) is 17.5 Å². The van der Waals surface area contributed by atoms with Crippen molar-refractivity contribution in [3.05, 3.63) is 180 Å². The van der Waals surface area contributed by atoms with Gasteiger partial charge in [-0.15, -0.1) is 0 Å². The topological polar surface area (TPSA) is 52.8 Å². The molecule has 11 rings (SSSR count). The molecule has 1 aliphatic heterocycles. The molecule has 3 aliphatic rings. The first-order valence-corrected chi connectivity index (χ1v) is 18.3. The molecule has 0 fully saturated rings. The summed E-state index contributed by atoms with van der Waals surface area (Å²) in [6.45, 7) is 4.61. The van der Waals surface area contributed by atoms with E-state index in [4.69, 9.17) is 19.7 Å². The molecule has 0 amide bonds. The number of aromatic nitrogens is 4. The molecule has 2 aromatic heterocycles. The van der Waals surface area contributed by atoms with Crippen molar-refractivity contribution in [1.29, 1.82) is 0 Å². The van der Waals surface area contributed by atoms with E-state index in [9.17, 15) is 0 Å². The van der Waals surface area contributed by atoms with Crippen molar-refractivity contribution < 1.29 is 4.74 Å². The van der Waals surface area contributed by atoms with E-state index in [2.05, 4.69) is 158 Å². The van der Waals surface area contributed by atoms with Crippen LogP contribution in [-0.4, -0.2) is 19.5 Å². The van der Waals surface area contributed by atoms with Crippen LogP contribution in [-0.2, 0) is 5.41 Å². The molecule has 5 nitrogen and oxygen atoms in total. The quantitative estimate of drug-likeness (QED) is 0.185. The van der Waals surface area contributed by atoms with Crippen molar-refractivity contribution in [2.45, 2.75) is 31.3 Å². The lowest BCUT2D eigenvalue weighted by Gasteiger charge is -2.23. The van der Waals surface area contributed by atoms with Crippen molar-refractivity contribution in [2.75, 3.05) is 0 Å². The molecule has 5 heteroatoms. The molecule has 252 valence electrons. The highest BCUT2D eigenvalue weighted by atomic mass is 16.5. The molecular weight excluding hydrogens is 649 g/mol. The van der Waals surface area contributed by atoms with Crippen LogP contribution in [0.25, 0.3) is 68.0 Å². The summed E-state index contributed by atoms with van der Waals surface area (Å²) >= 11 is 0. The number of ether oxygens (including phenoxy) is 1. The number of benzene rings is 6. The van der Waals surface area contributed by atoms with Gasteiger partial charge < -0.3 is 9.30 Å². The van der Waals surface area contributed by atoms with Crippen LogP contribution in [0.2, 0.25) is 0 Å². The molecule has 0 N–H and O–H groups in total. The summed E-state index contributed by atoms with van der Waals surface area (Å²) in [7, 11) is 0. The van der Waals surface area contributed by atoms with Crippen LogP contribution >= 0.6 is 0 Å². The third-order valence-corrected chi connectivity index (χ3v) is 11.4. The lowest BCUT2D eigenvalue weighted by Crippen LogP contribution is -2.15. The number of para-hydroxylation sites is 2. The van der Waals surface area contributed by atoms with Crippen LogP contribution in [0.15, 0.2) is 152 Å². The molecule has 0 saturated heterocycles. The van der Waals surface area contributed by atoms with Gasteiger partial charge in [0.2, 0.25) is 0 Å². The minimum atomic E-state index is -0.184. The predicted octanol–water partition coefficient (Wildman–Crippen LogP) is 11.4. The summed E-state index contributed by atoms with van der Waals surface area (Å²) in [5, 5.41) is 1.20. The van der Waals surface area contributed by atoms with Crippen LogP contribution in [0.5, 0.6) is 5.75 Å². The summed E-state index contributed by atoms with van der Waals surface area (Å²) < 4.78 is 9.31. The van der Waals surface area contributed by atoms with Crippen LogP contribution in [0, 0.1) is 0 Å². The SMILES string of the molecule is CC1(C)c2ccccc2-c2ccc(-c3nc(-c4ccccc4)nc(-c4cccc5c4C4C=Cc6c(c7ccccc7n6-c6ccccc6)C4O5)n3)cc21. The van der Waals surface area contributed by atoms with Crippen LogP contribution in [0.1, 0.15) is 53.8 Å². The van der Waals surface area contributed by atoms with Crippen molar-refractivity contribution in [3.8, 4) is 56.7 Å². The molecule has 0 radical (unpaired) electrons. The first-order valence-electron chi connectivity index (χ1n) is 18.3. The van der Waals surface area contributed by atoms with Crippen molar-refractivity contribution in [2.24, 2.45) is 0 Å². The largest absolute Gasteiger partial charge is 0.484 e. The molecular formula is C48H34N4O. The van der Waals surface area contributed by atoms with Gasteiger partial charge in [-0.2, -0.15) is 0 Å². The summed E-state index contributed by atoms with van der Waals surface area (Å²) in [6, 6.07) is 51.1. The Morgan fingerprint density at radius 2 is 1.25 bits per heavy atom. The second-order valence-electron chi connectivity index (χ2n) is 14.7. The molecule has 53 heavy (non-hydrogen) atoms. The molecule has 6 aromatic carbocycles. The maximum absolute atomic E-state index is 6.95. The highest BCUT2D eigenvalue weighted by Gasteiger charge is 2.42. The van der Waals surface area contributed by atoms with Crippen molar-refractivity contribution in [3.63, 3.8) is 0 Å². The second kappa shape index (κ2) is 11.2. The van der Waals surface area contributed by atoms with Gasteiger partial charge in [0.05, 0.1) is 11.2 Å². The van der Waals surface area contributed by atoms with E-state index in [1.54, 1.807) is 0 Å². The number of hydrogen-bond donors (Lipinski definition) is 0. The van der Waals surface area contributed by atoms with Gasteiger partial charge in [0.25, 0.3) is 0 Å². The smallest absolute Gasteiger partial charge is 0.164 e. The summed E-state index contributed by atoms with van der Waals surface area (Å²) in [5.74, 6) is 2.80. The minimum absolute atomic E-state index is 0.0107. The first kappa shape index (κ1) is 30.1. The van der Waals surface area contributed by atoms with Gasteiger partial charge in [0.1, 0.15) is 11.9 Å². The Hall–Kier alpha value is -6.59. The van der Waals surface area contributed by atoms with Gasteiger partial charge in [-0.05, 0) is 58.7 Å².